The van der Waals surface area contributed by atoms with Gasteiger partial charge in [0.25, 0.3) is 17.7 Å². The summed E-state index contributed by atoms with van der Waals surface area (Å²) in [4.78, 5) is 39.6. The van der Waals surface area contributed by atoms with Gasteiger partial charge in [-0.2, -0.15) is 0 Å². The Morgan fingerprint density at radius 2 is 1.51 bits per heavy atom. The number of halogens is 2. The molecule has 37 heavy (non-hydrogen) atoms. The van der Waals surface area contributed by atoms with Crippen LogP contribution in [0.4, 0.5) is 17.1 Å². The highest BCUT2D eigenvalue weighted by molar-refractivity contribution is 6.53. The summed E-state index contributed by atoms with van der Waals surface area (Å²) in [5.41, 5.74) is 1.31. The topological polar surface area (TPSA) is 106 Å². The first-order valence-electron chi connectivity index (χ1n) is 10.8. The third-order valence-electron chi connectivity index (χ3n) is 5.48. The van der Waals surface area contributed by atoms with Gasteiger partial charge in [0.2, 0.25) is 0 Å². The van der Waals surface area contributed by atoms with Gasteiger partial charge in [0.15, 0.2) is 0 Å². The van der Waals surface area contributed by atoms with Gasteiger partial charge in [0, 0.05) is 22.3 Å². The van der Waals surface area contributed by atoms with Crippen LogP contribution in [0.25, 0.3) is 0 Å². The van der Waals surface area contributed by atoms with Crippen molar-refractivity contribution in [3.8, 4) is 17.2 Å². The fraction of sp³-hybridized carbons (Fsp3) is 0.115. The molecule has 0 saturated carbocycles. The normalized spacial score (nSPS) is 13.1. The minimum absolute atomic E-state index is 0.117. The van der Waals surface area contributed by atoms with Crippen molar-refractivity contribution in [2.24, 2.45) is 0 Å². The van der Waals surface area contributed by atoms with Crippen LogP contribution < -0.4 is 29.7 Å². The van der Waals surface area contributed by atoms with E-state index in [4.69, 9.17) is 37.4 Å². The Morgan fingerprint density at radius 1 is 0.811 bits per heavy atom. The SMILES string of the molecule is COc1ccc(NC(=O)c2ccc(NC3=C(Cl)C(=O)N(c4cc(Cl)ccc4OC)C3=O)cc2)c(OC)c1. The highest BCUT2D eigenvalue weighted by Crippen LogP contribution is 2.37. The van der Waals surface area contributed by atoms with Gasteiger partial charge < -0.3 is 24.8 Å². The van der Waals surface area contributed by atoms with Crippen LogP contribution in [-0.2, 0) is 9.59 Å². The Labute approximate surface area is 222 Å². The van der Waals surface area contributed by atoms with Crippen molar-refractivity contribution in [1.82, 2.24) is 0 Å². The number of nitrogens with one attached hydrogen (secondary N) is 2. The predicted molar refractivity (Wildman–Crippen MR) is 141 cm³/mol. The van der Waals surface area contributed by atoms with E-state index in [2.05, 4.69) is 10.6 Å². The largest absolute Gasteiger partial charge is 0.497 e. The van der Waals surface area contributed by atoms with Gasteiger partial charge in [0.1, 0.15) is 28.0 Å². The molecule has 190 valence electrons. The molecule has 0 spiro atoms. The number of hydrogen-bond donors (Lipinski definition) is 2. The van der Waals surface area contributed by atoms with Crippen LogP contribution >= 0.6 is 23.2 Å². The second-order valence-corrected chi connectivity index (χ2v) is 8.49. The predicted octanol–water partition coefficient (Wildman–Crippen LogP) is 5.05. The smallest absolute Gasteiger partial charge is 0.283 e. The molecule has 1 heterocycles. The van der Waals surface area contributed by atoms with Gasteiger partial charge in [-0.05, 0) is 54.6 Å². The van der Waals surface area contributed by atoms with E-state index in [0.717, 1.165) is 4.90 Å². The first-order valence-corrected chi connectivity index (χ1v) is 11.6. The summed E-state index contributed by atoms with van der Waals surface area (Å²) in [5.74, 6) is -0.467. The van der Waals surface area contributed by atoms with E-state index in [1.54, 1.807) is 54.6 Å². The molecule has 1 aliphatic heterocycles. The average Bonchev–Trinajstić information content (AvgIpc) is 3.11. The number of ether oxygens (including phenoxy) is 3. The average molecular weight is 542 g/mol. The quantitative estimate of drug-likeness (QED) is 0.384. The number of anilines is 3. The first kappa shape index (κ1) is 25.9. The summed E-state index contributed by atoms with van der Waals surface area (Å²) in [6.07, 6.45) is 0. The molecular weight excluding hydrogens is 521 g/mol. The number of rotatable bonds is 8. The van der Waals surface area contributed by atoms with Gasteiger partial charge in [-0.15, -0.1) is 0 Å². The number of hydrogen-bond acceptors (Lipinski definition) is 7. The van der Waals surface area contributed by atoms with Crippen LogP contribution in [0.1, 0.15) is 10.4 Å². The van der Waals surface area contributed by atoms with Gasteiger partial charge in [-0.25, -0.2) is 4.90 Å². The molecule has 2 N–H and O–H groups in total. The van der Waals surface area contributed by atoms with Crippen molar-refractivity contribution < 1.29 is 28.6 Å². The highest BCUT2D eigenvalue weighted by atomic mass is 35.5. The molecule has 3 amide bonds. The molecule has 4 rings (SSSR count). The van der Waals surface area contributed by atoms with Crippen LogP contribution in [0, 0.1) is 0 Å². The second kappa shape index (κ2) is 10.8. The molecule has 1 aliphatic rings. The maximum atomic E-state index is 13.1. The molecule has 0 bridgehead atoms. The standard InChI is InChI=1S/C26H21Cl2N3O6/c1-35-17-9-10-18(21(13-17)37-3)30-24(32)14-4-7-16(8-5-14)29-23-22(28)25(33)31(26(23)34)19-12-15(27)6-11-20(19)36-2/h4-13,29H,1-3H3,(H,30,32). The van der Waals surface area contributed by atoms with Crippen LogP contribution in [0.2, 0.25) is 5.02 Å². The molecule has 11 heteroatoms. The Balaban J connectivity index is 1.50. The number of methoxy groups -OCH3 is 3. The monoisotopic (exact) mass is 541 g/mol. The highest BCUT2D eigenvalue weighted by Gasteiger charge is 2.40. The van der Waals surface area contributed by atoms with Crippen LogP contribution in [0.3, 0.4) is 0 Å². The Kier molecular flexibility index (Phi) is 7.56. The number of imide groups is 1. The minimum atomic E-state index is -0.723. The van der Waals surface area contributed by atoms with E-state index in [0.29, 0.717) is 33.5 Å². The lowest BCUT2D eigenvalue weighted by atomic mass is 10.1. The van der Waals surface area contributed by atoms with E-state index < -0.39 is 11.8 Å². The molecule has 3 aromatic carbocycles. The Hall–Kier alpha value is -4.21. The number of nitrogens with zero attached hydrogens (tertiary/aromatic N) is 1. The van der Waals surface area contributed by atoms with Crippen LogP contribution in [0.5, 0.6) is 17.2 Å². The summed E-state index contributed by atoms with van der Waals surface area (Å²) in [5, 5.41) is 5.67. The Bertz CT molecular complexity index is 1420. The van der Waals surface area contributed by atoms with Gasteiger partial charge >= 0.3 is 0 Å². The molecule has 0 atom stereocenters. The van der Waals surface area contributed by atoms with Crippen molar-refractivity contribution >= 4 is 58.0 Å². The maximum absolute atomic E-state index is 13.1. The zero-order chi connectivity index (χ0) is 26.7. The van der Waals surface area contributed by atoms with Crippen molar-refractivity contribution in [2.45, 2.75) is 0 Å². The van der Waals surface area contributed by atoms with Gasteiger partial charge in [-0.1, -0.05) is 23.2 Å². The zero-order valence-corrected chi connectivity index (χ0v) is 21.4. The molecule has 3 aromatic rings. The molecule has 0 aliphatic carbocycles. The lowest BCUT2D eigenvalue weighted by Crippen LogP contribution is -2.32. The van der Waals surface area contributed by atoms with Crippen molar-refractivity contribution in [3.05, 3.63) is 82.0 Å². The third-order valence-corrected chi connectivity index (χ3v) is 6.07. The molecule has 9 nitrogen and oxygen atoms in total. The van der Waals surface area contributed by atoms with Crippen LogP contribution in [0.15, 0.2) is 71.4 Å². The molecule has 0 radical (unpaired) electrons. The Morgan fingerprint density at radius 3 is 2.16 bits per heavy atom. The lowest BCUT2D eigenvalue weighted by Gasteiger charge is -2.18. The summed E-state index contributed by atoms with van der Waals surface area (Å²) >= 11 is 12.3. The number of benzene rings is 3. The van der Waals surface area contributed by atoms with Crippen molar-refractivity contribution in [3.63, 3.8) is 0 Å². The van der Waals surface area contributed by atoms with Crippen LogP contribution in [-0.4, -0.2) is 39.1 Å². The molecular formula is C26H21Cl2N3O6. The summed E-state index contributed by atoms with van der Waals surface area (Å²) in [6.45, 7) is 0. The third kappa shape index (κ3) is 5.18. The van der Waals surface area contributed by atoms with Gasteiger partial charge in [0.05, 0.1) is 32.7 Å². The van der Waals surface area contributed by atoms with Gasteiger partial charge in [-0.3, -0.25) is 14.4 Å². The van der Waals surface area contributed by atoms with E-state index in [1.807, 2.05) is 0 Å². The molecule has 0 unspecified atom stereocenters. The summed E-state index contributed by atoms with van der Waals surface area (Å²) in [6, 6.07) is 15.9. The summed E-state index contributed by atoms with van der Waals surface area (Å²) < 4.78 is 15.7. The number of carbonyl (C=O) groups excluding carboxylic acids is 3. The van der Waals surface area contributed by atoms with Crippen molar-refractivity contribution in [2.75, 3.05) is 36.9 Å². The fourth-order valence-corrected chi connectivity index (χ4v) is 3.99. The maximum Gasteiger partial charge on any atom is 0.283 e. The van der Waals surface area contributed by atoms with Crippen molar-refractivity contribution in [1.29, 1.82) is 0 Å². The molecule has 0 saturated heterocycles. The molecule has 0 aromatic heterocycles. The number of carbonyl (C=O) groups is 3. The van der Waals surface area contributed by atoms with E-state index in [1.165, 1.54) is 27.4 Å². The zero-order valence-electron chi connectivity index (χ0n) is 19.9. The fourth-order valence-electron chi connectivity index (χ4n) is 3.61. The molecule has 0 fully saturated rings. The number of amides is 3. The van der Waals surface area contributed by atoms with E-state index >= 15 is 0 Å². The van der Waals surface area contributed by atoms with E-state index in [-0.39, 0.29) is 28.1 Å². The van der Waals surface area contributed by atoms with E-state index in [9.17, 15) is 14.4 Å². The summed E-state index contributed by atoms with van der Waals surface area (Å²) in [7, 11) is 4.43. The first-order chi connectivity index (χ1) is 17.8. The minimum Gasteiger partial charge on any atom is -0.497 e. The second-order valence-electron chi connectivity index (χ2n) is 7.67. The lowest BCUT2D eigenvalue weighted by molar-refractivity contribution is -0.120.